The predicted octanol–water partition coefficient (Wildman–Crippen LogP) is 2.92. The molecule has 2 aromatic carbocycles. The summed E-state index contributed by atoms with van der Waals surface area (Å²) in [7, 11) is 0. The molecule has 2 N–H and O–H groups in total. The first-order chi connectivity index (χ1) is 14.1. The second kappa shape index (κ2) is 9.93. The van der Waals surface area contributed by atoms with Crippen molar-refractivity contribution in [3.63, 3.8) is 0 Å². The Morgan fingerprint density at radius 1 is 0.862 bits per heavy atom. The minimum absolute atomic E-state index is 0.118. The summed E-state index contributed by atoms with van der Waals surface area (Å²) in [5.74, 6) is 0.954. The predicted molar refractivity (Wildman–Crippen MR) is 113 cm³/mol. The third-order valence-electron chi connectivity index (χ3n) is 4.65. The molecule has 0 aromatic heterocycles. The van der Waals surface area contributed by atoms with E-state index in [9.17, 15) is 9.59 Å². The first kappa shape index (κ1) is 20.7. The van der Waals surface area contributed by atoms with Crippen molar-refractivity contribution in [2.24, 2.45) is 0 Å². The van der Waals surface area contributed by atoms with Crippen LogP contribution < -0.4 is 20.1 Å². The highest BCUT2D eigenvalue weighted by atomic mass is 16.6. The number of carbonyl (C=O) groups excluding carboxylic acids is 2. The molecule has 0 fully saturated rings. The Morgan fingerprint density at radius 3 is 2.07 bits per heavy atom. The van der Waals surface area contributed by atoms with Crippen LogP contribution in [-0.4, -0.2) is 49.6 Å². The van der Waals surface area contributed by atoms with Crippen LogP contribution >= 0.6 is 0 Å². The fraction of sp³-hybridized carbons (Fsp3) is 0.364. The number of amides is 2. The number of carbonyl (C=O) groups is 2. The Labute approximate surface area is 171 Å². The van der Waals surface area contributed by atoms with Crippen LogP contribution in [0.5, 0.6) is 11.5 Å². The zero-order valence-electron chi connectivity index (χ0n) is 16.9. The van der Waals surface area contributed by atoms with Gasteiger partial charge in [0.2, 0.25) is 11.8 Å². The number of ether oxygens (including phenoxy) is 2. The highest BCUT2D eigenvalue weighted by Crippen LogP contribution is 2.32. The lowest BCUT2D eigenvalue weighted by atomic mass is 10.1. The van der Waals surface area contributed by atoms with Crippen molar-refractivity contribution in [3.05, 3.63) is 48.0 Å². The van der Waals surface area contributed by atoms with Gasteiger partial charge in [0, 0.05) is 17.4 Å². The van der Waals surface area contributed by atoms with Crippen molar-refractivity contribution in [2.75, 3.05) is 43.5 Å². The molecule has 0 saturated carbocycles. The molecule has 0 spiro atoms. The van der Waals surface area contributed by atoms with Crippen molar-refractivity contribution < 1.29 is 19.1 Å². The second-order valence-electron chi connectivity index (χ2n) is 6.81. The number of nitrogens with zero attached hydrogens (tertiary/aromatic N) is 1. The van der Waals surface area contributed by atoms with E-state index in [1.165, 1.54) is 5.56 Å². The first-order valence-corrected chi connectivity index (χ1v) is 9.88. The summed E-state index contributed by atoms with van der Waals surface area (Å²) in [4.78, 5) is 26.5. The lowest BCUT2D eigenvalue weighted by molar-refractivity contribution is -0.119. The zero-order chi connectivity index (χ0) is 20.6. The average Bonchev–Trinajstić information content (AvgIpc) is 2.73. The maximum absolute atomic E-state index is 12.4. The number of anilines is 2. The molecule has 1 aliphatic rings. The van der Waals surface area contributed by atoms with E-state index in [-0.39, 0.29) is 24.9 Å². The molecule has 29 heavy (non-hydrogen) atoms. The SMILES string of the molecule is CCc1ccc(NC(=O)CN(CC)CC(=O)Nc2ccc3c(c2)OCCO3)cc1. The van der Waals surface area contributed by atoms with Gasteiger partial charge in [-0.2, -0.15) is 0 Å². The maximum Gasteiger partial charge on any atom is 0.238 e. The molecule has 0 bridgehead atoms. The van der Waals surface area contributed by atoms with Crippen LogP contribution in [0.15, 0.2) is 42.5 Å². The van der Waals surface area contributed by atoms with Gasteiger partial charge in [-0.3, -0.25) is 14.5 Å². The van der Waals surface area contributed by atoms with Crippen molar-refractivity contribution in [2.45, 2.75) is 20.3 Å². The Bertz CT molecular complexity index is 852. The van der Waals surface area contributed by atoms with Gasteiger partial charge in [0.25, 0.3) is 0 Å². The summed E-state index contributed by atoms with van der Waals surface area (Å²) in [6, 6.07) is 13.1. The molecular formula is C22H27N3O4. The molecule has 0 saturated heterocycles. The molecular weight excluding hydrogens is 370 g/mol. The molecule has 0 atom stereocenters. The summed E-state index contributed by atoms with van der Waals surface area (Å²) in [6.45, 7) is 5.85. The molecule has 0 aliphatic carbocycles. The third-order valence-corrected chi connectivity index (χ3v) is 4.65. The first-order valence-electron chi connectivity index (χ1n) is 9.88. The lowest BCUT2D eigenvalue weighted by Crippen LogP contribution is -2.38. The summed E-state index contributed by atoms with van der Waals surface area (Å²) in [5, 5.41) is 5.72. The number of rotatable bonds is 8. The number of hydrogen-bond donors (Lipinski definition) is 2. The number of aryl methyl sites for hydroxylation is 1. The average molecular weight is 397 g/mol. The fourth-order valence-electron chi connectivity index (χ4n) is 3.03. The molecule has 1 aliphatic heterocycles. The minimum Gasteiger partial charge on any atom is -0.486 e. The highest BCUT2D eigenvalue weighted by Gasteiger charge is 2.16. The van der Waals surface area contributed by atoms with Crippen LogP contribution in [-0.2, 0) is 16.0 Å². The molecule has 2 amide bonds. The van der Waals surface area contributed by atoms with Crippen molar-refractivity contribution in [3.8, 4) is 11.5 Å². The standard InChI is InChI=1S/C22H27N3O4/c1-3-16-5-7-17(8-6-16)23-21(26)14-25(4-2)15-22(27)24-18-9-10-19-20(13-18)29-12-11-28-19/h5-10,13H,3-4,11-12,14-15H2,1-2H3,(H,23,26)(H,24,27). The smallest absolute Gasteiger partial charge is 0.238 e. The van der Waals surface area contributed by atoms with E-state index in [0.29, 0.717) is 36.9 Å². The zero-order valence-corrected chi connectivity index (χ0v) is 16.9. The molecule has 1 heterocycles. The van der Waals surface area contributed by atoms with Crippen LogP contribution in [0.2, 0.25) is 0 Å². The molecule has 154 valence electrons. The summed E-state index contributed by atoms with van der Waals surface area (Å²) < 4.78 is 11.0. The fourth-order valence-corrected chi connectivity index (χ4v) is 3.03. The molecule has 0 unspecified atom stereocenters. The van der Waals surface area contributed by atoms with Crippen LogP contribution in [0, 0.1) is 0 Å². The second-order valence-corrected chi connectivity index (χ2v) is 6.81. The van der Waals surface area contributed by atoms with Gasteiger partial charge in [-0.25, -0.2) is 0 Å². The Kier molecular flexibility index (Phi) is 7.08. The number of nitrogens with one attached hydrogen (secondary N) is 2. The van der Waals surface area contributed by atoms with Crippen LogP contribution in [0.3, 0.4) is 0 Å². The van der Waals surface area contributed by atoms with Crippen LogP contribution in [0.25, 0.3) is 0 Å². The minimum atomic E-state index is -0.191. The van der Waals surface area contributed by atoms with Crippen molar-refractivity contribution in [1.29, 1.82) is 0 Å². The van der Waals surface area contributed by atoms with E-state index in [2.05, 4.69) is 17.6 Å². The van der Waals surface area contributed by atoms with E-state index >= 15 is 0 Å². The molecule has 7 heteroatoms. The normalized spacial score (nSPS) is 12.5. The monoisotopic (exact) mass is 397 g/mol. The summed E-state index contributed by atoms with van der Waals surface area (Å²) in [5.41, 5.74) is 2.61. The van der Waals surface area contributed by atoms with E-state index < -0.39 is 0 Å². The van der Waals surface area contributed by atoms with Crippen molar-refractivity contribution in [1.82, 2.24) is 4.90 Å². The van der Waals surface area contributed by atoms with Crippen molar-refractivity contribution >= 4 is 23.2 Å². The van der Waals surface area contributed by atoms with E-state index in [1.54, 1.807) is 23.1 Å². The molecule has 0 radical (unpaired) electrons. The number of likely N-dealkylation sites (N-methyl/N-ethyl adjacent to an activating group) is 1. The van der Waals surface area contributed by atoms with Crippen LogP contribution in [0.4, 0.5) is 11.4 Å². The molecule has 2 aromatic rings. The number of benzene rings is 2. The van der Waals surface area contributed by atoms with E-state index in [1.807, 2.05) is 31.2 Å². The largest absolute Gasteiger partial charge is 0.486 e. The maximum atomic E-state index is 12.4. The summed E-state index contributed by atoms with van der Waals surface area (Å²) in [6.07, 6.45) is 0.955. The van der Waals surface area contributed by atoms with Gasteiger partial charge < -0.3 is 20.1 Å². The van der Waals surface area contributed by atoms with Gasteiger partial charge in [-0.1, -0.05) is 26.0 Å². The Hall–Kier alpha value is -3.06. The Balaban J connectivity index is 1.50. The highest BCUT2D eigenvalue weighted by molar-refractivity contribution is 5.94. The van der Waals surface area contributed by atoms with Crippen LogP contribution in [0.1, 0.15) is 19.4 Å². The van der Waals surface area contributed by atoms with Gasteiger partial charge in [-0.15, -0.1) is 0 Å². The Morgan fingerprint density at radius 2 is 1.45 bits per heavy atom. The van der Waals surface area contributed by atoms with Gasteiger partial charge in [-0.05, 0) is 42.8 Å². The topological polar surface area (TPSA) is 79.9 Å². The quantitative estimate of drug-likeness (QED) is 0.716. The van der Waals surface area contributed by atoms with Gasteiger partial charge in [0.15, 0.2) is 11.5 Å². The van der Waals surface area contributed by atoms with Gasteiger partial charge >= 0.3 is 0 Å². The number of hydrogen-bond acceptors (Lipinski definition) is 5. The van der Waals surface area contributed by atoms with E-state index in [4.69, 9.17) is 9.47 Å². The number of fused-ring (bicyclic) bond motifs is 1. The summed E-state index contributed by atoms with van der Waals surface area (Å²) >= 11 is 0. The van der Waals surface area contributed by atoms with Gasteiger partial charge in [0.1, 0.15) is 13.2 Å². The van der Waals surface area contributed by atoms with E-state index in [0.717, 1.165) is 12.1 Å². The molecule has 7 nitrogen and oxygen atoms in total. The third kappa shape index (κ3) is 5.96. The lowest BCUT2D eigenvalue weighted by Gasteiger charge is -2.21. The molecule has 3 rings (SSSR count). The van der Waals surface area contributed by atoms with Gasteiger partial charge in [0.05, 0.1) is 13.1 Å².